The minimum absolute atomic E-state index is 0.159. The predicted molar refractivity (Wildman–Crippen MR) is 134 cm³/mol. The summed E-state index contributed by atoms with van der Waals surface area (Å²) in [6, 6.07) is 5.92. The number of nitrogens with zero attached hydrogens (tertiary/aromatic N) is 1. The quantitative estimate of drug-likeness (QED) is 0.451. The molecular weight excluding hydrogens is 436 g/mol. The van der Waals surface area contributed by atoms with Gasteiger partial charge in [0.2, 0.25) is 0 Å². The molecule has 1 aromatic rings. The Morgan fingerprint density at radius 2 is 2.00 bits per heavy atom. The molecule has 0 spiro atoms. The Hall–Kier alpha value is -2.27. The summed E-state index contributed by atoms with van der Waals surface area (Å²) in [5.74, 6) is -0.122. The molecule has 2 amide bonds. The van der Waals surface area contributed by atoms with Crippen molar-refractivity contribution in [3.63, 3.8) is 0 Å². The first-order valence-corrected chi connectivity index (χ1v) is 12.3. The molecule has 0 aromatic heterocycles. The van der Waals surface area contributed by atoms with E-state index in [4.69, 9.17) is 16.3 Å². The van der Waals surface area contributed by atoms with Crippen LogP contribution in [0.3, 0.4) is 0 Å². The zero-order chi connectivity index (χ0) is 24.4. The molecule has 0 unspecified atom stereocenters. The van der Waals surface area contributed by atoms with Gasteiger partial charge >= 0.3 is 12.0 Å². The van der Waals surface area contributed by atoms with Gasteiger partial charge in [-0.1, -0.05) is 57.5 Å². The van der Waals surface area contributed by atoms with E-state index >= 15 is 0 Å². The van der Waals surface area contributed by atoms with E-state index in [2.05, 4.69) is 51.2 Å². The first-order valence-electron chi connectivity index (χ1n) is 11.9. The highest BCUT2D eigenvalue weighted by Crippen LogP contribution is 2.42. The Kier molecular flexibility index (Phi) is 7.62. The van der Waals surface area contributed by atoms with Gasteiger partial charge in [0.15, 0.2) is 0 Å². The molecular formula is C27H37ClN2O3. The van der Waals surface area contributed by atoms with Crippen molar-refractivity contribution >= 4 is 29.2 Å². The van der Waals surface area contributed by atoms with Crippen LogP contribution < -0.4 is 5.32 Å². The van der Waals surface area contributed by atoms with Gasteiger partial charge in [0.25, 0.3) is 0 Å². The van der Waals surface area contributed by atoms with Gasteiger partial charge in [-0.15, -0.1) is 0 Å². The topological polar surface area (TPSA) is 58.6 Å². The number of amides is 2. The van der Waals surface area contributed by atoms with E-state index in [1.165, 1.54) is 5.57 Å². The molecule has 0 fully saturated rings. The molecule has 6 heteroatoms. The van der Waals surface area contributed by atoms with Crippen LogP contribution in [0, 0.1) is 11.3 Å². The number of urea groups is 1. The summed E-state index contributed by atoms with van der Waals surface area (Å²) in [5, 5.41) is 3.89. The molecule has 1 aliphatic heterocycles. The average molecular weight is 473 g/mol. The van der Waals surface area contributed by atoms with Gasteiger partial charge in [0.1, 0.15) is 0 Å². The van der Waals surface area contributed by atoms with E-state index in [1.807, 2.05) is 19.2 Å². The fourth-order valence-electron chi connectivity index (χ4n) is 4.70. The van der Waals surface area contributed by atoms with Crippen molar-refractivity contribution in [3.05, 3.63) is 52.2 Å². The lowest BCUT2D eigenvalue weighted by Crippen LogP contribution is -2.55. The maximum Gasteiger partial charge on any atom is 0.322 e. The Morgan fingerprint density at radius 3 is 2.58 bits per heavy atom. The molecule has 1 aliphatic carbocycles. The van der Waals surface area contributed by atoms with Gasteiger partial charge in [-0.25, -0.2) is 4.79 Å². The highest BCUT2D eigenvalue weighted by Gasteiger charge is 2.40. The zero-order valence-electron chi connectivity index (χ0n) is 20.8. The summed E-state index contributed by atoms with van der Waals surface area (Å²) in [6.07, 6.45) is 7.58. The number of hydrogen-bond acceptors (Lipinski definition) is 3. The van der Waals surface area contributed by atoms with E-state index < -0.39 is 5.54 Å². The van der Waals surface area contributed by atoms with Gasteiger partial charge < -0.3 is 15.0 Å². The maximum atomic E-state index is 13.0. The second kappa shape index (κ2) is 9.92. The summed E-state index contributed by atoms with van der Waals surface area (Å²) in [6.45, 7) is 13.2. The molecule has 0 saturated carbocycles. The summed E-state index contributed by atoms with van der Waals surface area (Å²) >= 11 is 6.79. The minimum atomic E-state index is -0.684. The summed E-state index contributed by atoms with van der Waals surface area (Å²) in [5.41, 5.74) is 4.05. The van der Waals surface area contributed by atoms with Gasteiger partial charge in [0.05, 0.1) is 18.6 Å². The van der Waals surface area contributed by atoms with Crippen molar-refractivity contribution in [1.29, 1.82) is 0 Å². The molecule has 1 heterocycles. The van der Waals surface area contributed by atoms with E-state index in [-0.39, 0.29) is 30.9 Å². The number of allylic oxidation sites excluding steroid dienone is 2. The van der Waals surface area contributed by atoms with Crippen molar-refractivity contribution in [3.8, 4) is 0 Å². The van der Waals surface area contributed by atoms with Gasteiger partial charge in [0, 0.05) is 17.8 Å². The number of ether oxygens (including phenoxy) is 1. The number of hydrogen-bond donors (Lipinski definition) is 1. The number of rotatable bonds is 7. The van der Waals surface area contributed by atoms with Crippen molar-refractivity contribution in [2.45, 2.75) is 72.8 Å². The van der Waals surface area contributed by atoms with Crippen LogP contribution in [0.2, 0.25) is 5.02 Å². The van der Waals surface area contributed by atoms with Crippen LogP contribution in [0.25, 0.3) is 5.57 Å². The highest BCUT2D eigenvalue weighted by atomic mass is 35.5. The van der Waals surface area contributed by atoms with E-state index in [9.17, 15) is 9.59 Å². The molecule has 0 bridgehead atoms. The predicted octanol–water partition coefficient (Wildman–Crippen LogP) is 6.67. The lowest BCUT2D eigenvalue weighted by atomic mass is 9.76. The maximum absolute atomic E-state index is 13.0. The smallest absolute Gasteiger partial charge is 0.322 e. The number of benzene rings is 1. The fourth-order valence-corrected chi connectivity index (χ4v) is 5.00. The SMILES string of the molecule is CCOC(=O)CCN1C=C(C(C)C)[C@@](C)(c2ccc(C3=CCC(C)(C)CC3)c(Cl)c2)NC1=O. The number of carbonyl (C=O) groups excluding carboxylic acids is 2. The lowest BCUT2D eigenvalue weighted by Gasteiger charge is -2.42. The van der Waals surface area contributed by atoms with Crippen LogP contribution in [0.15, 0.2) is 36.0 Å². The molecule has 0 saturated heterocycles. The van der Waals surface area contributed by atoms with Crippen molar-refractivity contribution in [2.24, 2.45) is 11.3 Å². The number of halogens is 1. The Morgan fingerprint density at radius 1 is 1.27 bits per heavy atom. The normalized spacial score (nSPS) is 22.5. The molecule has 3 rings (SSSR count). The van der Waals surface area contributed by atoms with Crippen molar-refractivity contribution in [1.82, 2.24) is 10.2 Å². The second-order valence-electron chi connectivity index (χ2n) is 10.3. The number of carbonyl (C=O) groups is 2. The monoisotopic (exact) mass is 472 g/mol. The highest BCUT2D eigenvalue weighted by molar-refractivity contribution is 6.32. The summed E-state index contributed by atoms with van der Waals surface area (Å²) in [4.78, 5) is 26.3. The Balaban J connectivity index is 1.89. The van der Waals surface area contributed by atoms with Gasteiger partial charge in [-0.2, -0.15) is 0 Å². The third kappa shape index (κ3) is 5.63. The van der Waals surface area contributed by atoms with Crippen LogP contribution in [-0.2, 0) is 15.1 Å². The fraction of sp³-hybridized carbons (Fsp3) is 0.556. The van der Waals surface area contributed by atoms with E-state index in [0.717, 1.165) is 36.0 Å². The first-order chi connectivity index (χ1) is 15.5. The standard InChI is InChI=1S/C27H37ClN2O3/c1-7-33-24(31)12-15-30-17-22(18(2)3)27(6,29-25(30)32)20-8-9-21(23(28)16-20)19-10-13-26(4,5)14-11-19/h8-10,16-18H,7,11-15H2,1-6H3,(H,29,32)/t27-/m1/s1. The van der Waals surface area contributed by atoms with Crippen LogP contribution in [0.4, 0.5) is 4.79 Å². The minimum Gasteiger partial charge on any atom is -0.466 e. The molecule has 5 nitrogen and oxygen atoms in total. The van der Waals surface area contributed by atoms with Crippen molar-refractivity contribution < 1.29 is 14.3 Å². The van der Waals surface area contributed by atoms with Crippen molar-refractivity contribution in [2.75, 3.05) is 13.2 Å². The number of esters is 1. The van der Waals surface area contributed by atoms with Crippen LogP contribution in [-0.4, -0.2) is 30.1 Å². The Bertz CT molecular complexity index is 980. The lowest BCUT2D eigenvalue weighted by molar-refractivity contribution is -0.143. The van der Waals surface area contributed by atoms with Gasteiger partial charge in [-0.05, 0) is 72.8 Å². The largest absolute Gasteiger partial charge is 0.466 e. The van der Waals surface area contributed by atoms with E-state index in [0.29, 0.717) is 17.0 Å². The Labute approximate surface area is 203 Å². The summed E-state index contributed by atoms with van der Waals surface area (Å²) < 4.78 is 5.00. The molecule has 1 atom stereocenters. The summed E-state index contributed by atoms with van der Waals surface area (Å²) in [7, 11) is 0. The molecule has 1 N–H and O–H groups in total. The third-order valence-corrected chi connectivity index (χ3v) is 7.15. The molecule has 0 radical (unpaired) electrons. The average Bonchev–Trinajstić information content (AvgIpc) is 2.73. The molecule has 2 aliphatic rings. The molecule has 1 aromatic carbocycles. The number of nitrogens with one attached hydrogen (secondary N) is 1. The van der Waals surface area contributed by atoms with Crippen LogP contribution >= 0.6 is 11.6 Å². The molecule has 33 heavy (non-hydrogen) atoms. The zero-order valence-corrected chi connectivity index (χ0v) is 21.5. The second-order valence-corrected chi connectivity index (χ2v) is 10.7. The van der Waals surface area contributed by atoms with Gasteiger partial charge in [-0.3, -0.25) is 4.79 Å². The molecule has 180 valence electrons. The van der Waals surface area contributed by atoms with Crippen LogP contribution in [0.1, 0.15) is 78.4 Å². The van der Waals surface area contributed by atoms with Crippen LogP contribution in [0.5, 0.6) is 0 Å². The first kappa shape index (κ1) is 25.4. The third-order valence-electron chi connectivity index (χ3n) is 6.84. The van der Waals surface area contributed by atoms with E-state index in [1.54, 1.807) is 11.8 Å².